The van der Waals surface area contributed by atoms with Crippen molar-refractivity contribution in [2.24, 2.45) is 0 Å². The lowest BCUT2D eigenvalue weighted by Crippen LogP contribution is -2.55. The van der Waals surface area contributed by atoms with Gasteiger partial charge >= 0.3 is 14.2 Å². The van der Waals surface area contributed by atoms with Crippen LogP contribution in [-0.4, -0.2) is 128 Å². The van der Waals surface area contributed by atoms with E-state index in [2.05, 4.69) is 113 Å². The molecule has 0 rings (SSSR count). The first-order valence-corrected chi connectivity index (χ1v) is 6.92. The highest BCUT2D eigenvalue weighted by Crippen LogP contribution is 1.94. The zero-order chi connectivity index (χ0) is 16.6. The van der Waals surface area contributed by atoms with Crippen molar-refractivity contribution in [1.29, 1.82) is 0 Å². The van der Waals surface area contributed by atoms with Gasteiger partial charge in [0.1, 0.15) is 0 Å². The molecule has 0 saturated heterocycles. The summed E-state index contributed by atoms with van der Waals surface area (Å²) in [5.41, 5.74) is 0. The Morgan fingerprint density at radius 1 is 0.300 bits per heavy atom. The molecule has 0 amide bonds. The SMILES string of the molecule is CN(C)B(N(C)C)N(C)C.CN(C)B(N(C)C)N(C)C. The highest BCUT2D eigenvalue weighted by Gasteiger charge is 2.23. The molecule has 120 valence electrons. The Balaban J connectivity index is 0. The molecule has 0 aliphatic rings. The number of nitrogens with zero attached hydrogens (tertiary/aromatic N) is 6. The Labute approximate surface area is 128 Å². The van der Waals surface area contributed by atoms with Crippen LogP contribution in [0.5, 0.6) is 0 Å². The minimum absolute atomic E-state index is 0.389. The van der Waals surface area contributed by atoms with Gasteiger partial charge in [0, 0.05) is 0 Å². The zero-order valence-electron chi connectivity index (χ0n) is 15.8. The molecule has 0 aromatic heterocycles. The number of hydrogen-bond acceptors (Lipinski definition) is 6. The summed E-state index contributed by atoms with van der Waals surface area (Å²) in [4.78, 5) is 13.0. The summed E-state index contributed by atoms with van der Waals surface area (Å²) in [5.74, 6) is 0. The molecule has 0 bridgehead atoms. The average molecular weight is 286 g/mol. The number of hydrogen-bond donors (Lipinski definition) is 0. The third kappa shape index (κ3) is 8.94. The maximum atomic E-state index is 2.17. The minimum Gasteiger partial charge on any atom is -0.319 e. The van der Waals surface area contributed by atoms with Crippen molar-refractivity contribution in [2.45, 2.75) is 0 Å². The second-order valence-corrected chi connectivity index (χ2v) is 6.47. The van der Waals surface area contributed by atoms with Crippen LogP contribution in [0.15, 0.2) is 0 Å². The normalized spacial score (nSPS) is 11.7. The fourth-order valence-corrected chi connectivity index (χ4v) is 2.77. The van der Waals surface area contributed by atoms with Gasteiger partial charge in [-0.2, -0.15) is 0 Å². The van der Waals surface area contributed by atoms with Crippen LogP contribution >= 0.6 is 0 Å². The second kappa shape index (κ2) is 10.6. The molecule has 0 spiro atoms. The first-order chi connectivity index (χ1) is 8.93. The van der Waals surface area contributed by atoms with Crippen LogP contribution in [0.3, 0.4) is 0 Å². The first-order valence-electron chi connectivity index (χ1n) is 6.92. The van der Waals surface area contributed by atoms with Gasteiger partial charge in [0.05, 0.1) is 0 Å². The summed E-state index contributed by atoms with van der Waals surface area (Å²) in [6.45, 7) is 0. The van der Waals surface area contributed by atoms with Crippen LogP contribution in [-0.2, 0) is 0 Å². The topological polar surface area (TPSA) is 19.4 Å². The molecule has 0 radical (unpaired) electrons. The maximum absolute atomic E-state index is 2.17. The van der Waals surface area contributed by atoms with E-state index in [0.717, 1.165) is 0 Å². The van der Waals surface area contributed by atoms with E-state index in [9.17, 15) is 0 Å². The Hall–Kier alpha value is -0.110. The van der Waals surface area contributed by atoms with Crippen LogP contribution in [0.1, 0.15) is 0 Å². The highest BCUT2D eigenvalue weighted by atomic mass is 15.3. The Bertz CT molecular complexity index is 172. The van der Waals surface area contributed by atoms with E-state index in [0.29, 0.717) is 14.2 Å². The summed E-state index contributed by atoms with van der Waals surface area (Å²) in [6, 6.07) is 0. The summed E-state index contributed by atoms with van der Waals surface area (Å²) in [5, 5.41) is 0. The second-order valence-electron chi connectivity index (χ2n) is 6.47. The van der Waals surface area contributed by atoms with E-state index in [-0.39, 0.29) is 0 Å². The molecule has 0 aromatic carbocycles. The maximum Gasteiger partial charge on any atom is 0.402 e. The molecule has 0 unspecified atom stereocenters. The Kier molecular flexibility index (Phi) is 11.7. The van der Waals surface area contributed by atoms with Crippen LogP contribution in [0.2, 0.25) is 0 Å². The largest absolute Gasteiger partial charge is 0.402 e. The summed E-state index contributed by atoms with van der Waals surface area (Å²) >= 11 is 0. The predicted octanol–water partition coefficient (Wildman–Crippen LogP) is -0.688. The van der Waals surface area contributed by atoms with E-state index >= 15 is 0 Å². The first kappa shape index (κ1) is 22.2. The van der Waals surface area contributed by atoms with Crippen molar-refractivity contribution in [2.75, 3.05) is 84.6 Å². The van der Waals surface area contributed by atoms with Gasteiger partial charge in [0.25, 0.3) is 0 Å². The van der Waals surface area contributed by atoms with Gasteiger partial charge in [-0.3, -0.25) is 0 Å². The molecule has 0 aliphatic carbocycles. The van der Waals surface area contributed by atoms with Crippen LogP contribution in [0.4, 0.5) is 0 Å². The molecule has 0 heterocycles. The van der Waals surface area contributed by atoms with E-state index in [1.807, 2.05) is 0 Å². The quantitative estimate of drug-likeness (QED) is 0.598. The van der Waals surface area contributed by atoms with Gasteiger partial charge in [-0.05, 0) is 84.6 Å². The molecule has 6 nitrogen and oxygen atoms in total. The van der Waals surface area contributed by atoms with E-state index < -0.39 is 0 Å². The van der Waals surface area contributed by atoms with Crippen molar-refractivity contribution < 1.29 is 0 Å². The van der Waals surface area contributed by atoms with Gasteiger partial charge in [-0.15, -0.1) is 0 Å². The molecule has 0 atom stereocenters. The Morgan fingerprint density at radius 2 is 0.400 bits per heavy atom. The monoisotopic (exact) mass is 286 g/mol. The fraction of sp³-hybridized carbons (Fsp3) is 1.00. The lowest BCUT2D eigenvalue weighted by molar-refractivity contribution is 0.420. The molecule has 20 heavy (non-hydrogen) atoms. The van der Waals surface area contributed by atoms with Gasteiger partial charge < -0.3 is 28.9 Å². The van der Waals surface area contributed by atoms with E-state index in [1.54, 1.807) is 0 Å². The van der Waals surface area contributed by atoms with E-state index in [1.165, 1.54) is 0 Å². The van der Waals surface area contributed by atoms with Crippen LogP contribution < -0.4 is 0 Å². The van der Waals surface area contributed by atoms with Gasteiger partial charge in [0.2, 0.25) is 0 Å². The third-order valence-electron chi connectivity index (χ3n) is 2.77. The Morgan fingerprint density at radius 3 is 0.400 bits per heavy atom. The van der Waals surface area contributed by atoms with Crippen molar-refractivity contribution in [1.82, 2.24) is 28.9 Å². The van der Waals surface area contributed by atoms with Crippen LogP contribution in [0.25, 0.3) is 0 Å². The fourth-order valence-electron chi connectivity index (χ4n) is 2.77. The molecule has 8 heteroatoms. The third-order valence-corrected chi connectivity index (χ3v) is 2.77. The highest BCUT2D eigenvalue weighted by molar-refractivity contribution is 6.49. The standard InChI is InChI=1S/2C6H18BN3/c2*1-8(2)7(9(3)4)10(5)6/h2*1-6H3. The molecule has 0 N–H and O–H groups in total. The van der Waals surface area contributed by atoms with Crippen molar-refractivity contribution in [3.8, 4) is 0 Å². The molecular formula is C12H36B2N6. The van der Waals surface area contributed by atoms with Crippen molar-refractivity contribution >= 4 is 14.2 Å². The number of rotatable bonds is 6. The predicted molar refractivity (Wildman–Crippen MR) is 93.6 cm³/mol. The lowest BCUT2D eigenvalue weighted by Gasteiger charge is -2.30. The average Bonchev–Trinajstić information content (AvgIpc) is 2.12. The van der Waals surface area contributed by atoms with Gasteiger partial charge in [0.15, 0.2) is 0 Å². The molecule has 0 saturated carbocycles. The van der Waals surface area contributed by atoms with Gasteiger partial charge in [-0.25, -0.2) is 0 Å². The van der Waals surface area contributed by atoms with Crippen LogP contribution in [0, 0.1) is 0 Å². The van der Waals surface area contributed by atoms with Crippen molar-refractivity contribution in [3.05, 3.63) is 0 Å². The summed E-state index contributed by atoms with van der Waals surface area (Å²) < 4.78 is 0. The molecular weight excluding hydrogens is 250 g/mol. The van der Waals surface area contributed by atoms with Crippen molar-refractivity contribution in [3.63, 3.8) is 0 Å². The summed E-state index contributed by atoms with van der Waals surface area (Å²) in [7, 11) is 25.7. The minimum atomic E-state index is 0.389. The lowest BCUT2D eigenvalue weighted by atomic mass is 9.87. The zero-order valence-corrected chi connectivity index (χ0v) is 15.8. The smallest absolute Gasteiger partial charge is 0.319 e. The molecule has 0 aliphatic heterocycles. The summed E-state index contributed by atoms with van der Waals surface area (Å²) in [6.07, 6.45) is 0. The molecule has 0 fully saturated rings. The molecule has 0 aromatic rings. The van der Waals surface area contributed by atoms with E-state index in [4.69, 9.17) is 0 Å². The van der Waals surface area contributed by atoms with Gasteiger partial charge in [-0.1, -0.05) is 0 Å².